The molecule has 0 amide bonds. The SMILES string of the molecule is CC1(CBr)CCO1. The summed E-state index contributed by atoms with van der Waals surface area (Å²) in [5.74, 6) is 0. The molecule has 1 aliphatic rings. The molecule has 1 rings (SSSR count). The Balaban J connectivity index is 2.29. The molecule has 7 heavy (non-hydrogen) atoms. The molecule has 1 aliphatic heterocycles. The average Bonchev–Trinajstić information content (AvgIpc) is 1.61. The monoisotopic (exact) mass is 164 g/mol. The maximum Gasteiger partial charge on any atom is 0.0772 e. The van der Waals surface area contributed by atoms with Crippen LogP contribution in [0.2, 0.25) is 0 Å². The van der Waals surface area contributed by atoms with Crippen LogP contribution >= 0.6 is 15.9 Å². The number of halogens is 1. The summed E-state index contributed by atoms with van der Waals surface area (Å²) in [5, 5.41) is 0.972. The highest BCUT2D eigenvalue weighted by Crippen LogP contribution is 2.26. The summed E-state index contributed by atoms with van der Waals surface area (Å²) in [5.41, 5.74) is 0.181. The predicted molar refractivity (Wildman–Crippen MR) is 32.8 cm³/mol. The van der Waals surface area contributed by atoms with Crippen LogP contribution in [0.4, 0.5) is 0 Å². The Labute approximate surface area is 52.2 Å². The predicted octanol–water partition coefficient (Wildman–Crippen LogP) is 1.56. The van der Waals surface area contributed by atoms with Gasteiger partial charge in [-0.2, -0.15) is 0 Å². The smallest absolute Gasteiger partial charge is 0.0772 e. The number of hydrogen-bond donors (Lipinski definition) is 0. The molecule has 0 aromatic carbocycles. The fraction of sp³-hybridized carbons (Fsp3) is 1.00. The lowest BCUT2D eigenvalue weighted by Gasteiger charge is -2.36. The standard InChI is InChI=1S/C5H9BrO/c1-5(4-6)2-3-7-5/h2-4H2,1H3. The summed E-state index contributed by atoms with van der Waals surface area (Å²) in [6.07, 6.45) is 1.21. The second kappa shape index (κ2) is 1.75. The second-order valence-corrected chi connectivity index (χ2v) is 2.74. The van der Waals surface area contributed by atoms with Gasteiger partial charge in [-0.3, -0.25) is 0 Å². The van der Waals surface area contributed by atoms with Crippen LogP contribution < -0.4 is 0 Å². The van der Waals surface area contributed by atoms with Crippen molar-refractivity contribution in [3.05, 3.63) is 0 Å². The molecule has 1 fully saturated rings. The zero-order valence-electron chi connectivity index (χ0n) is 4.41. The summed E-state index contributed by atoms with van der Waals surface area (Å²) < 4.78 is 5.22. The van der Waals surface area contributed by atoms with Gasteiger partial charge in [-0.25, -0.2) is 0 Å². The van der Waals surface area contributed by atoms with Gasteiger partial charge in [0, 0.05) is 11.8 Å². The van der Waals surface area contributed by atoms with Gasteiger partial charge in [-0.05, 0) is 6.92 Å². The van der Waals surface area contributed by atoms with Gasteiger partial charge in [0.2, 0.25) is 0 Å². The van der Waals surface area contributed by atoms with E-state index in [4.69, 9.17) is 4.74 Å². The third-order valence-electron chi connectivity index (χ3n) is 1.36. The summed E-state index contributed by atoms with van der Waals surface area (Å²) in [6.45, 7) is 3.06. The first-order valence-electron chi connectivity index (χ1n) is 2.47. The van der Waals surface area contributed by atoms with Crippen molar-refractivity contribution in [2.45, 2.75) is 18.9 Å². The molecule has 0 spiro atoms. The first kappa shape index (κ1) is 5.57. The van der Waals surface area contributed by atoms with Crippen LogP contribution in [-0.4, -0.2) is 17.5 Å². The molecule has 0 aromatic rings. The van der Waals surface area contributed by atoms with Crippen molar-refractivity contribution in [1.29, 1.82) is 0 Å². The Morgan fingerprint density at radius 2 is 2.43 bits per heavy atom. The summed E-state index contributed by atoms with van der Waals surface area (Å²) in [6, 6.07) is 0. The highest BCUT2D eigenvalue weighted by molar-refractivity contribution is 9.09. The molecular weight excluding hydrogens is 156 g/mol. The van der Waals surface area contributed by atoms with Crippen LogP contribution in [0.1, 0.15) is 13.3 Å². The molecule has 1 heterocycles. The van der Waals surface area contributed by atoms with E-state index in [-0.39, 0.29) is 5.60 Å². The molecule has 1 unspecified atom stereocenters. The molecule has 1 nitrogen and oxygen atoms in total. The molecule has 0 radical (unpaired) electrons. The summed E-state index contributed by atoms with van der Waals surface area (Å²) >= 11 is 3.36. The van der Waals surface area contributed by atoms with Crippen molar-refractivity contribution < 1.29 is 4.74 Å². The van der Waals surface area contributed by atoms with E-state index in [0.29, 0.717) is 0 Å². The van der Waals surface area contributed by atoms with Crippen molar-refractivity contribution in [3.8, 4) is 0 Å². The molecule has 0 aliphatic carbocycles. The van der Waals surface area contributed by atoms with Crippen LogP contribution in [0.15, 0.2) is 0 Å². The van der Waals surface area contributed by atoms with Gasteiger partial charge in [0.25, 0.3) is 0 Å². The molecule has 1 atom stereocenters. The van der Waals surface area contributed by atoms with Crippen LogP contribution in [0, 0.1) is 0 Å². The zero-order chi connectivity index (χ0) is 5.33. The third kappa shape index (κ3) is 0.970. The van der Waals surface area contributed by atoms with E-state index in [1.165, 1.54) is 6.42 Å². The fourth-order valence-corrected chi connectivity index (χ4v) is 0.998. The Morgan fingerprint density at radius 1 is 1.86 bits per heavy atom. The summed E-state index contributed by atoms with van der Waals surface area (Å²) in [4.78, 5) is 0. The van der Waals surface area contributed by atoms with Crippen LogP contribution in [-0.2, 0) is 4.74 Å². The van der Waals surface area contributed by atoms with E-state index >= 15 is 0 Å². The molecule has 2 heteroatoms. The highest BCUT2D eigenvalue weighted by Gasteiger charge is 2.31. The molecule has 0 bridgehead atoms. The van der Waals surface area contributed by atoms with E-state index in [9.17, 15) is 0 Å². The van der Waals surface area contributed by atoms with E-state index in [0.717, 1.165) is 11.9 Å². The first-order valence-corrected chi connectivity index (χ1v) is 3.59. The normalized spacial score (nSPS) is 40.3. The van der Waals surface area contributed by atoms with Crippen molar-refractivity contribution in [3.63, 3.8) is 0 Å². The van der Waals surface area contributed by atoms with Gasteiger partial charge in [0.1, 0.15) is 0 Å². The third-order valence-corrected chi connectivity index (χ3v) is 2.55. The molecule has 0 saturated carbocycles. The van der Waals surface area contributed by atoms with E-state index in [1.54, 1.807) is 0 Å². The molecule has 42 valence electrons. The van der Waals surface area contributed by atoms with Crippen LogP contribution in [0.25, 0.3) is 0 Å². The second-order valence-electron chi connectivity index (χ2n) is 2.18. The van der Waals surface area contributed by atoms with Gasteiger partial charge in [-0.1, -0.05) is 15.9 Å². The Bertz CT molecular complexity index is 63.0. The number of alkyl halides is 1. The van der Waals surface area contributed by atoms with Gasteiger partial charge in [0.05, 0.1) is 12.2 Å². The molecular formula is C5H9BrO. The fourth-order valence-electron chi connectivity index (χ4n) is 0.556. The van der Waals surface area contributed by atoms with Crippen LogP contribution in [0.3, 0.4) is 0 Å². The minimum Gasteiger partial charge on any atom is -0.374 e. The van der Waals surface area contributed by atoms with Gasteiger partial charge in [0.15, 0.2) is 0 Å². The van der Waals surface area contributed by atoms with Crippen molar-refractivity contribution in [2.75, 3.05) is 11.9 Å². The maximum absolute atomic E-state index is 5.22. The van der Waals surface area contributed by atoms with E-state index in [2.05, 4.69) is 22.9 Å². The highest BCUT2D eigenvalue weighted by atomic mass is 79.9. The lowest BCUT2D eigenvalue weighted by atomic mass is 10.0. The lowest BCUT2D eigenvalue weighted by Crippen LogP contribution is -2.41. The molecule has 0 N–H and O–H groups in total. The molecule has 0 aromatic heterocycles. The van der Waals surface area contributed by atoms with Gasteiger partial charge < -0.3 is 4.74 Å². The van der Waals surface area contributed by atoms with Gasteiger partial charge >= 0.3 is 0 Å². The minimum absolute atomic E-state index is 0.181. The van der Waals surface area contributed by atoms with Crippen molar-refractivity contribution in [1.82, 2.24) is 0 Å². The number of rotatable bonds is 1. The number of hydrogen-bond acceptors (Lipinski definition) is 1. The van der Waals surface area contributed by atoms with Crippen LogP contribution in [0.5, 0.6) is 0 Å². The Hall–Kier alpha value is 0.440. The Kier molecular flexibility index (Phi) is 1.39. The zero-order valence-corrected chi connectivity index (χ0v) is 5.99. The molecule has 1 saturated heterocycles. The number of ether oxygens (including phenoxy) is 1. The van der Waals surface area contributed by atoms with Crippen molar-refractivity contribution >= 4 is 15.9 Å². The topological polar surface area (TPSA) is 9.23 Å². The average molecular weight is 165 g/mol. The lowest BCUT2D eigenvalue weighted by molar-refractivity contribution is -0.115. The minimum atomic E-state index is 0.181. The van der Waals surface area contributed by atoms with Gasteiger partial charge in [-0.15, -0.1) is 0 Å². The first-order chi connectivity index (χ1) is 3.27. The van der Waals surface area contributed by atoms with Crippen molar-refractivity contribution in [2.24, 2.45) is 0 Å². The van der Waals surface area contributed by atoms with E-state index in [1.807, 2.05) is 0 Å². The largest absolute Gasteiger partial charge is 0.374 e. The quantitative estimate of drug-likeness (QED) is 0.535. The van der Waals surface area contributed by atoms with E-state index < -0.39 is 0 Å². The maximum atomic E-state index is 5.22. The Morgan fingerprint density at radius 3 is 2.43 bits per heavy atom. The summed E-state index contributed by atoms with van der Waals surface area (Å²) in [7, 11) is 0.